The Bertz CT molecular complexity index is 992. The van der Waals surface area contributed by atoms with Gasteiger partial charge >= 0.3 is 5.97 Å². The van der Waals surface area contributed by atoms with Crippen molar-refractivity contribution in [3.05, 3.63) is 15.5 Å². The molecule has 0 bridgehead atoms. The van der Waals surface area contributed by atoms with E-state index in [0.717, 1.165) is 0 Å². The molecule has 1 unspecified atom stereocenters. The molecule has 36 heavy (non-hydrogen) atoms. The molecule has 198 valence electrons. The van der Waals surface area contributed by atoms with Crippen LogP contribution in [0.4, 0.5) is 0 Å². The number of carbonyl (C=O) groups is 4. The van der Waals surface area contributed by atoms with E-state index in [-0.39, 0.29) is 60.3 Å². The van der Waals surface area contributed by atoms with Crippen LogP contribution in [0.3, 0.4) is 0 Å². The number of β-lactam (4-membered cyclic amide) rings is 1. The molecule has 0 saturated carbocycles. The van der Waals surface area contributed by atoms with Crippen LogP contribution in [-0.2, 0) is 19.2 Å². The molecule has 4 rings (SSSR count). The van der Waals surface area contributed by atoms with Crippen molar-refractivity contribution in [1.29, 1.82) is 0 Å². The average Bonchev–Trinajstić information content (AvgIpc) is 3.49. The Balaban J connectivity index is 1.42. The lowest BCUT2D eigenvalue weighted by Gasteiger charge is -2.47. The van der Waals surface area contributed by atoms with Crippen molar-refractivity contribution in [2.24, 2.45) is 22.7 Å². The quantitative estimate of drug-likeness (QED) is 0.171. The number of thioether (sulfide) groups is 1. The van der Waals surface area contributed by atoms with Crippen molar-refractivity contribution >= 4 is 35.5 Å². The summed E-state index contributed by atoms with van der Waals surface area (Å²) in [5.41, 5.74) is 5.89. The Morgan fingerprint density at radius 1 is 1.33 bits per heavy atom. The van der Waals surface area contributed by atoms with Gasteiger partial charge in [-0.1, -0.05) is 12.1 Å². The number of amides is 3. The normalized spacial score (nSPS) is 34.4. The highest BCUT2D eigenvalue weighted by molar-refractivity contribution is 8.03. The molecule has 0 spiro atoms. The van der Waals surface area contributed by atoms with Crippen molar-refractivity contribution in [3.8, 4) is 0 Å². The number of carboxylic acid groups (broad SMARTS) is 1. The van der Waals surface area contributed by atoms with Gasteiger partial charge in [0, 0.05) is 47.8 Å². The van der Waals surface area contributed by atoms with Crippen LogP contribution in [0.15, 0.2) is 15.8 Å². The zero-order valence-electron chi connectivity index (χ0n) is 20.5. The first-order valence-corrected chi connectivity index (χ1v) is 13.0. The van der Waals surface area contributed by atoms with Gasteiger partial charge in [-0.15, -0.1) is 11.8 Å². The third-order valence-corrected chi connectivity index (χ3v) is 9.03. The fraction of sp³-hybridized carbons (Fsp3) is 0.727. The van der Waals surface area contributed by atoms with Crippen molar-refractivity contribution in [1.82, 2.24) is 25.8 Å². The number of nitrogens with zero attached hydrogens (tertiary/aromatic N) is 3. The standard InChI is InChI=1S/C22H33N7O6S/c1-9-17-16(10(2)26-15(30)6-24-3)21(32)29(17)18(22(33)34)19(9)36-11-4-13(25-5-11)20(31)28-7-12(23)14(8-28)27-35/h9-14,16-17,24-25H,4-8,23H2,1-3H3,(H,26,30)(H,33,34)/t9-,10-,11+,12-,13+,14?,16-,17-/m1/s1. The van der Waals surface area contributed by atoms with E-state index in [1.54, 1.807) is 18.9 Å². The van der Waals surface area contributed by atoms with E-state index in [4.69, 9.17) is 5.73 Å². The number of likely N-dealkylation sites (N-methyl/N-ethyl adjacent to an activating group) is 1. The number of rotatable bonds is 9. The second kappa shape index (κ2) is 10.4. The van der Waals surface area contributed by atoms with Gasteiger partial charge in [0.2, 0.25) is 17.7 Å². The third kappa shape index (κ3) is 4.62. The number of hydrogen-bond acceptors (Lipinski definition) is 10. The summed E-state index contributed by atoms with van der Waals surface area (Å²) in [5, 5.41) is 21.7. The van der Waals surface area contributed by atoms with Gasteiger partial charge in [-0.3, -0.25) is 14.4 Å². The minimum absolute atomic E-state index is 0.00677. The summed E-state index contributed by atoms with van der Waals surface area (Å²) in [7, 11) is 1.65. The van der Waals surface area contributed by atoms with Crippen molar-refractivity contribution in [2.45, 2.75) is 55.7 Å². The molecule has 3 saturated heterocycles. The Hall–Kier alpha value is -2.55. The van der Waals surface area contributed by atoms with Crippen LogP contribution in [0.2, 0.25) is 0 Å². The number of fused-ring (bicyclic) bond motifs is 1. The highest BCUT2D eigenvalue weighted by Crippen LogP contribution is 2.51. The van der Waals surface area contributed by atoms with Gasteiger partial charge in [0.25, 0.3) is 0 Å². The monoisotopic (exact) mass is 523 g/mol. The van der Waals surface area contributed by atoms with E-state index in [1.807, 2.05) is 6.92 Å². The van der Waals surface area contributed by atoms with Crippen LogP contribution >= 0.6 is 11.8 Å². The summed E-state index contributed by atoms with van der Waals surface area (Å²) >= 11 is 1.40. The predicted molar refractivity (Wildman–Crippen MR) is 131 cm³/mol. The number of likely N-dealkylation sites (tertiary alicyclic amines) is 1. The minimum Gasteiger partial charge on any atom is -0.477 e. The predicted octanol–water partition coefficient (Wildman–Crippen LogP) is -1.75. The van der Waals surface area contributed by atoms with Crippen LogP contribution in [0.5, 0.6) is 0 Å². The Kier molecular flexibility index (Phi) is 7.69. The van der Waals surface area contributed by atoms with Crippen LogP contribution in [0, 0.1) is 16.7 Å². The fourth-order valence-corrected chi connectivity index (χ4v) is 7.22. The van der Waals surface area contributed by atoms with E-state index in [2.05, 4.69) is 21.1 Å². The van der Waals surface area contributed by atoms with Gasteiger partial charge in [0.15, 0.2) is 0 Å². The molecule has 0 aromatic heterocycles. The second-order valence-electron chi connectivity index (χ2n) is 9.93. The summed E-state index contributed by atoms with van der Waals surface area (Å²) in [6, 6.07) is -2.32. The number of nitrogens with one attached hydrogen (secondary N) is 3. The molecule has 0 aliphatic carbocycles. The molecule has 3 fully saturated rings. The van der Waals surface area contributed by atoms with Crippen LogP contribution in [-0.4, -0.2) is 107 Å². The molecule has 0 radical (unpaired) electrons. The lowest BCUT2D eigenvalue weighted by atomic mass is 9.78. The first-order chi connectivity index (χ1) is 17.1. The smallest absolute Gasteiger partial charge is 0.353 e. The Labute approximate surface area is 212 Å². The molecule has 3 amide bonds. The first-order valence-electron chi connectivity index (χ1n) is 12.1. The number of carbonyl (C=O) groups excluding carboxylic acids is 3. The van der Waals surface area contributed by atoms with E-state index in [9.17, 15) is 29.2 Å². The summed E-state index contributed by atoms with van der Waals surface area (Å²) < 4.78 is 0. The topological polar surface area (TPSA) is 187 Å². The highest BCUT2D eigenvalue weighted by Gasteiger charge is 2.60. The molecule has 4 aliphatic heterocycles. The number of aliphatic carboxylic acids is 1. The zero-order chi connectivity index (χ0) is 26.3. The number of nitroso groups, excluding NO2 is 1. The molecule has 4 aliphatic rings. The fourth-order valence-electron chi connectivity index (χ4n) is 5.74. The molecule has 0 aromatic rings. The summed E-state index contributed by atoms with van der Waals surface area (Å²) in [5.74, 6) is -2.58. The maximum Gasteiger partial charge on any atom is 0.353 e. The van der Waals surface area contributed by atoms with E-state index in [1.165, 1.54) is 16.7 Å². The minimum atomic E-state index is -1.16. The van der Waals surface area contributed by atoms with Crippen LogP contribution in [0.1, 0.15) is 20.3 Å². The van der Waals surface area contributed by atoms with E-state index < -0.39 is 36.1 Å². The number of carboxylic acids is 1. The second-order valence-corrected chi connectivity index (χ2v) is 11.3. The molecular formula is C22H33N7O6S. The van der Waals surface area contributed by atoms with Gasteiger partial charge < -0.3 is 36.6 Å². The summed E-state index contributed by atoms with van der Waals surface area (Å²) in [6.07, 6.45) is 0.482. The van der Waals surface area contributed by atoms with Gasteiger partial charge in [0.05, 0.1) is 24.5 Å². The Morgan fingerprint density at radius 2 is 2.06 bits per heavy atom. The van der Waals surface area contributed by atoms with Crippen molar-refractivity contribution in [3.63, 3.8) is 0 Å². The molecule has 4 heterocycles. The lowest BCUT2D eigenvalue weighted by molar-refractivity contribution is -0.158. The van der Waals surface area contributed by atoms with Crippen molar-refractivity contribution in [2.75, 3.05) is 33.2 Å². The van der Waals surface area contributed by atoms with Crippen LogP contribution < -0.4 is 21.7 Å². The Morgan fingerprint density at radius 3 is 2.67 bits per heavy atom. The van der Waals surface area contributed by atoms with Crippen LogP contribution in [0.25, 0.3) is 0 Å². The van der Waals surface area contributed by atoms with E-state index >= 15 is 0 Å². The SMILES string of the molecule is CNCC(=O)N[C@H](C)[C@H]1C(=O)N2C(C(=O)O)=C(S[C@@H]3CN[C@H](C(=O)N4CC(N=O)[C@H](N)C4)C3)[C@H](C)[C@H]12. The number of nitrogens with two attached hydrogens (primary N) is 1. The van der Waals surface area contributed by atoms with Crippen molar-refractivity contribution < 1.29 is 24.3 Å². The largest absolute Gasteiger partial charge is 0.477 e. The summed E-state index contributed by atoms with van der Waals surface area (Å²) in [6.45, 7) is 4.77. The van der Waals surface area contributed by atoms with Gasteiger partial charge in [0.1, 0.15) is 11.7 Å². The molecule has 6 N–H and O–H groups in total. The molecule has 14 heteroatoms. The first kappa shape index (κ1) is 26.5. The summed E-state index contributed by atoms with van der Waals surface area (Å²) in [4.78, 5) is 64.5. The van der Waals surface area contributed by atoms with Gasteiger partial charge in [-0.25, -0.2) is 4.79 Å². The maximum atomic E-state index is 13.0. The lowest BCUT2D eigenvalue weighted by Crippen LogP contribution is -2.66. The highest BCUT2D eigenvalue weighted by atomic mass is 32.2. The third-order valence-electron chi connectivity index (χ3n) is 7.52. The maximum absolute atomic E-state index is 13.0. The van der Waals surface area contributed by atoms with Gasteiger partial charge in [-0.2, -0.15) is 4.91 Å². The zero-order valence-corrected chi connectivity index (χ0v) is 21.3. The molecule has 13 nitrogen and oxygen atoms in total. The molecule has 8 atom stereocenters. The molecule has 0 aromatic carbocycles. The average molecular weight is 524 g/mol. The van der Waals surface area contributed by atoms with E-state index in [0.29, 0.717) is 17.9 Å². The molecular weight excluding hydrogens is 490 g/mol. The van der Waals surface area contributed by atoms with Gasteiger partial charge in [-0.05, 0) is 20.4 Å². The number of hydrogen-bond donors (Lipinski definition) is 5.